The number of thioether (sulfide) groups is 1. The summed E-state index contributed by atoms with van der Waals surface area (Å²) in [6.07, 6.45) is 0. The van der Waals surface area contributed by atoms with E-state index in [1.165, 1.54) is 16.3 Å². The summed E-state index contributed by atoms with van der Waals surface area (Å²) in [5.74, 6) is 2.29. The molecule has 0 spiro atoms. The SMILES string of the molecule is CNC(CSc1n[nH]c(=O)n1C)c1ccc2c(c1)OCO2. The second-order valence-corrected chi connectivity index (χ2v) is 5.62. The summed E-state index contributed by atoms with van der Waals surface area (Å²) in [6, 6.07) is 6.03. The van der Waals surface area contributed by atoms with Crippen molar-refractivity contribution in [2.75, 3.05) is 19.6 Å². The van der Waals surface area contributed by atoms with E-state index in [9.17, 15) is 4.79 Å². The Balaban J connectivity index is 1.73. The topological polar surface area (TPSA) is 81.2 Å². The zero-order chi connectivity index (χ0) is 14.8. The number of benzene rings is 1. The first-order valence-corrected chi connectivity index (χ1v) is 7.48. The van der Waals surface area contributed by atoms with Crippen molar-refractivity contribution in [3.05, 3.63) is 34.2 Å². The molecule has 0 amide bonds. The van der Waals surface area contributed by atoms with Gasteiger partial charge in [0.05, 0.1) is 0 Å². The average molecular weight is 308 g/mol. The van der Waals surface area contributed by atoms with E-state index in [0.717, 1.165) is 22.8 Å². The molecule has 2 N–H and O–H groups in total. The first-order chi connectivity index (χ1) is 10.2. The molecular weight excluding hydrogens is 292 g/mol. The maximum absolute atomic E-state index is 11.3. The third kappa shape index (κ3) is 2.77. The molecule has 21 heavy (non-hydrogen) atoms. The molecule has 0 bridgehead atoms. The van der Waals surface area contributed by atoms with Crippen LogP contribution in [0.2, 0.25) is 0 Å². The number of aromatic amines is 1. The Kier molecular flexibility index (Phi) is 3.89. The molecule has 8 heteroatoms. The van der Waals surface area contributed by atoms with Crippen LogP contribution >= 0.6 is 11.8 Å². The lowest BCUT2D eigenvalue weighted by atomic mass is 10.1. The molecule has 1 aromatic carbocycles. The second-order valence-electron chi connectivity index (χ2n) is 4.64. The van der Waals surface area contributed by atoms with E-state index in [1.807, 2.05) is 25.2 Å². The fourth-order valence-corrected chi connectivity index (χ4v) is 3.16. The Hall–Kier alpha value is -1.93. The number of rotatable bonds is 5. The summed E-state index contributed by atoms with van der Waals surface area (Å²) in [6.45, 7) is 0.271. The van der Waals surface area contributed by atoms with Gasteiger partial charge in [-0.15, -0.1) is 5.10 Å². The molecule has 0 fully saturated rings. The molecule has 7 nitrogen and oxygen atoms in total. The van der Waals surface area contributed by atoms with E-state index in [2.05, 4.69) is 15.5 Å². The Morgan fingerprint density at radius 2 is 2.29 bits per heavy atom. The van der Waals surface area contributed by atoms with Gasteiger partial charge in [-0.25, -0.2) is 9.89 Å². The first kappa shape index (κ1) is 14.0. The molecule has 1 aliphatic heterocycles. The number of fused-ring (bicyclic) bond motifs is 1. The number of hydrogen-bond donors (Lipinski definition) is 2. The van der Waals surface area contributed by atoms with Crippen LogP contribution in [0, 0.1) is 0 Å². The van der Waals surface area contributed by atoms with Crippen LogP contribution in [0.1, 0.15) is 11.6 Å². The largest absolute Gasteiger partial charge is 0.454 e. The van der Waals surface area contributed by atoms with E-state index in [4.69, 9.17) is 9.47 Å². The molecule has 1 unspecified atom stereocenters. The number of nitrogens with zero attached hydrogens (tertiary/aromatic N) is 2. The van der Waals surface area contributed by atoms with E-state index < -0.39 is 0 Å². The van der Waals surface area contributed by atoms with Crippen molar-refractivity contribution >= 4 is 11.8 Å². The zero-order valence-corrected chi connectivity index (χ0v) is 12.6. The predicted octanol–water partition coefficient (Wildman–Crippen LogP) is 0.890. The first-order valence-electron chi connectivity index (χ1n) is 6.50. The van der Waals surface area contributed by atoms with Gasteiger partial charge in [0.1, 0.15) is 0 Å². The summed E-state index contributed by atoms with van der Waals surface area (Å²) in [4.78, 5) is 11.3. The van der Waals surface area contributed by atoms with Gasteiger partial charge in [0.2, 0.25) is 6.79 Å². The normalized spacial score (nSPS) is 14.4. The minimum Gasteiger partial charge on any atom is -0.454 e. The molecule has 112 valence electrons. The van der Waals surface area contributed by atoms with Crippen LogP contribution in [0.5, 0.6) is 11.5 Å². The number of aromatic nitrogens is 3. The summed E-state index contributed by atoms with van der Waals surface area (Å²) in [5, 5.41) is 10.4. The Morgan fingerprint density at radius 1 is 1.48 bits per heavy atom. The van der Waals surface area contributed by atoms with Gasteiger partial charge in [-0.05, 0) is 24.7 Å². The fourth-order valence-electron chi connectivity index (χ4n) is 2.10. The van der Waals surface area contributed by atoms with Crippen LogP contribution in [0.25, 0.3) is 0 Å². The van der Waals surface area contributed by atoms with Gasteiger partial charge < -0.3 is 14.8 Å². The van der Waals surface area contributed by atoms with Crippen molar-refractivity contribution in [3.8, 4) is 11.5 Å². The smallest absolute Gasteiger partial charge is 0.343 e. The van der Waals surface area contributed by atoms with Crippen LogP contribution in [0.4, 0.5) is 0 Å². The number of nitrogens with one attached hydrogen (secondary N) is 2. The Labute approximate surface area is 125 Å². The van der Waals surface area contributed by atoms with Crippen molar-refractivity contribution in [1.29, 1.82) is 0 Å². The van der Waals surface area contributed by atoms with Gasteiger partial charge in [-0.1, -0.05) is 17.8 Å². The van der Waals surface area contributed by atoms with Gasteiger partial charge in [-0.2, -0.15) is 0 Å². The molecule has 2 aromatic rings. The highest BCUT2D eigenvalue weighted by atomic mass is 32.2. The third-order valence-corrected chi connectivity index (χ3v) is 4.49. The predicted molar refractivity (Wildman–Crippen MR) is 78.9 cm³/mol. The monoisotopic (exact) mass is 308 g/mol. The minimum absolute atomic E-state index is 0.122. The number of hydrogen-bond acceptors (Lipinski definition) is 6. The molecule has 1 atom stereocenters. The van der Waals surface area contributed by atoms with Crippen molar-refractivity contribution in [3.63, 3.8) is 0 Å². The maximum Gasteiger partial charge on any atom is 0.343 e. The second kappa shape index (κ2) is 5.82. The Morgan fingerprint density at radius 3 is 3.00 bits per heavy atom. The highest BCUT2D eigenvalue weighted by molar-refractivity contribution is 7.99. The van der Waals surface area contributed by atoms with E-state index in [0.29, 0.717) is 5.16 Å². The summed E-state index contributed by atoms with van der Waals surface area (Å²) < 4.78 is 12.2. The zero-order valence-electron chi connectivity index (χ0n) is 11.8. The van der Waals surface area contributed by atoms with Crippen LogP contribution in [-0.2, 0) is 7.05 Å². The molecular formula is C13H16N4O3S. The van der Waals surface area contributed by atoms with Crippen molar-refractivity contribution in [1.82, 2.24) is 20.1 Å². The standard InChI is InChI=1S/C13H16N4O3S/c1-14-9(6-21-13-16-15-12(18)17(13)2)8-3-4-10-11(5-8)20-7-19-10/h3-5,9,14H,6-7H2,1-2H3,(H,15,18). The van der Waals surface area contributed by atoms with Crippen molar-refractivity contribution in [2.45, 2.75) is 11.2 Å². The van der Waals surface area contributed by atoms with Gasteiger partial charge in [0, 0.05) is 18.8 Å². The molecule has 1 aromatic heterocycles. The molecule has 2 heterocycles. The highest BCUT2D eigenvalue weighted by Crippen LogP contribution is 2.35. The van der Waals surface area contributed by atoms with Crippen LogP contribution in [0.3, 0.4) is 0 Å². The third-order valence-electron chi connectivity index (χ3n) is 3.37. The molecule has 0 radical (unpaired) electrons. The number of H-pyrrole nitrogens is 1. The van der Waals surface area contributed by atoms with E-state index in [-0.39, 0.29) is 18.5 Å². The van der Waals surface area contributed by atoms with Crippen LogP contribution in [0.15, 0.2) is 28.2 Å². The van der Waals surface area contributed by atoms with Gasteiger partial charge in [0.15, 0.2) is 16.7 Å². The summed E-state index contributed by atoms with van der Waals surface area (Å²) in [7, 11) is 3.60. The summed E-state index contributed by atoms with van der Waals surface area (Å²) in [5.41, 5.74) is 0.899. The molecule has 1 aliphatic rings. The lowest BCUT2D eigenvalue weighted by Crippen LogP contribution is -2.19. The Bertz CT molecular complexity index is 697. The fraction of sp³-hybridized carbons (Fsp3) is 0.385. The van der Waals surface area contributed by atoms with E-state index in [1.54, 1.807) is 7.05 Å². The van der Waals surface area contributed by atoms with Gasteiger partial charge in [-0.3, -0.25) is 4.57 Å². The van der Waals surface area contributed by atoms with Crippen LogP contribution < -0.4 is 20.5 Å². The molecule has 0 aliphatic carbocycles. The van der Waals surface area contributed by atoms with Crippen molar-refractivity contribution in [2.24, 2.45) is 7.05 Å². The molecule has 3 rings (SSSR count). The van der Waals surface area contributed by atoms with Crippen molar-refractivity contribution < 1.29 is 9.47 Å². The van der Waals surface area contributed by atoms with Gasteiger partial charge >= 0.3 is 5.69 Å². The molecule has 0 saturated carbocycles. The van der Waals surface area contributed by atoms with Crippen LogP contribution in [-0.4, -0.2) is 34.4 Å². The highest BCUT2D eigenvalue weighted by Gasteiger charge is 2.18. The lowest BCUT2D eigenvalue weighted by Gasteiger charge is -2.16. The quantitative estimate of drug-likeness (QED) is 0.799. The lowest BCUT2D eigenvalue weighted by molar-refractivity contribution is 0.174. The molecule has 0 saturated heterocycles. The minimum atomic E-state index is -0.207. The summed E-state index contributed by atoms with van der Waals surface area (Å²) >= 11 is 1.51. The van der Waals surface area contributed by atoms with Gasteiger partial charge in [0.25, 0.3) is 0 Å². The van der Waals surface area contributed by atoms with E-state index >= 15 is 0 Å². The average Bonchev–Trinajstić information content (AvgIpc) is 3.08. The maximum atomic E-state index is 11.3. The number of ether oxygens (including phenoxy) is 2.